The first kappa shape index (κ1) is 17.0. The van der Waals surface area contributed by atoms with Crippen molar-refractivity contribution in [3.8, 4) is 5.75 Å². The Bertz CT molecular complexity index is 686. The average Bonchev–Trinajstić information content (AvgIpc) is 3.43. The van der Waals surface area contributed by atoms with Crippen LogP contribution in [0.3, 0.4) is 0 Å². The lowest BCUT2D eigenvalue weighted by atomic mass is 9.85. The monoisotopic (exact) mass is 340 g/mol. The molecule has 0 bridgehead atoms. The molecule has 3 nitrogen and oxygen atoms in total. The van der Waals surface area contributed by atoms with Crippen molar-refractivity contribution < 1.29 is 4.74 Å². The molecule has 2 saturated carbocycles. The predicted octanol–water partition coefficient (Wildman–Crippen LogP) is 4.64. The van der Waals surface area contributed by atoms with Crippen molar-refractivity contribution in [1.29, 1.82) is 0 Å². The number of nitrogens with two attached hydrogens (primary N) is 1. The Hall–Kier alpha value is -1.48. The number of anilines is 1. The molecule has 1 heterocycles. The van der Waals surface area contributed by atoms with Gasteiger partial charge in [0.2, 0.25) is 0 Å². The van der Waals surface area contributed by atoms with Gasteiger partial charge in [0, 0.05) is 12.1 Å². The molecule has 0 unspecified atom stereocenters. The average molecular weight is 341 g/mol. The molecule has 2 aliphatic carbocycles. The van der Waals surface area contributed by atoms with Gasteiger partial charge in [-0.1, -0.05) is 6.08 Å². The first-order valence-corrected chi connectivity index (χ1v) is 9.93. The van der Waals surface area contributed by atoms with E-state index < -0.39 is 0 Å². The quantitative estimate of drug-likeness (QED) is 0.794. The van der Waals surface area contributed by atoms with Gasteiger partial charge in [0.1, 0.15) is 5.75 Å². The van der Waals surface area contributed by atoms with Gasteiger partial charge in [0.25, 0.3) is 0 Å². The van der Waals surface area contributed by atoms with E-state index in [1.54, 1.807) is 0 Å². The van der Waals surface area contributed by atoms with Gasteiger partial charge in [-0.25, -0.2) is 0 Å². The molecule has 1 aromatic rings. The molecule has 2 N–H and O–H groups in total. The van der Waals surface area contributed by atoms with E-state index in [9.17, 15) is 0 Å². The van der Waals surface area contributed by atoms with Crippen molar-refractivity contribution in [3.63, 3.8) is 0 Å². The fourth-order valence-corrected chi connectivity index (χ4v) is 4.48. The van der Waals surface area contributed by atoms with Gasteiger partial charge < -0.3 is 10.5 Å². The lowest BCUT2D eigenvalue weighted by molar-refractivity contribution is 0.160. The fraction of sp³-hybridized carbons (Fsp3) is 0.636. The minimum Gasteiger partial charge on any atom is -0.489 e. The van der Waals surface area contributed by atoms with E-state index in [0.29, 0.717) is 12.1 Å². The van der Waals surface area contributed by atoms with Gasteiger partial charge >= 0.3 is 0 Å². The Kier molecular flexibility index (Phi) is 4.31. The van der Waals surface area contributed by atoms with Gasteiger partial charge in [-0.05, 0) is 101 Å². The number of rotatable bonds is 5. The van der Waals surface area contributed by atoms with Crippen molar-refractivity contribution in [1.82, 2.24) is 4.90 Å². The summed E-state index contributed by atoms with van der Waals surface area (Å²) in [7, 11) is 2.35. The molecular formula is C22H32N2O. The fourth-order valence-electron chi connectivity index (χ4n) is 4.48. The van der Waals surface area contributed by atoms with Crippen LogP contribution in [0.4, 0.5) is 5.69 Å². The minimum absolute atomic E-state index is 0.141. The molecule has 136 valence electrons. The summed E-state index contributed by atoms with van der Waals surface area (Å²) in [4.78, 5) is 2.68. The molecule has 1 aliphatic heterocycles. The number of hydrogen-bond acceptors (Lipinski definition) is 3. The van der Waals surface area contributed by atoms with Crippen molar-refractivity contribution in [2.75, 3.05) is 12.8 Å². The molecule has 25 heavy (non-hydrogen) atoms. The molecule has 0 saturated heterocycles. The smallest absolute Gasteiger partial charge is 0.143 e. The van der Waals surface area contributed by atoms with E-state index in [2.05, 4.69) is 50.9 Å². The summed E-state index contributed by atoms with van der Waals surface area (Å²) >= 11 is 0. The maximum Gasteiger partial charge on any atom is 0.143 e. The van der Waals surface area contributed by atoms with Crippen LogP contribution in [0.15, 0.2) is 18.2 Å². The maximum absolute atomic E-state index is 6.21. The predicted molar refractivity (Wildman–Crippen MR) is 105 cm³/mol. The Labute approximate surface area is 152 Å². The Morgan fingerprint density at radius 2 is 1.80 bits per heavy atom. The molecule has 0 radical (unpaired) electrons. The molecule has 3 aliphatic rings. The van der Waals surface area contributed by atoms with Crippen molar-refractivity contribution >= 4 is 11.3 Å². The normalized spacial score (nSPS) is 27.5. The molecule has 0 aromatic heterocycles. The minimum atomic E-state index is 0.141. The molecule has 4 rings (SSSR count). The van der Waals surface area contributed by atoms with E-state index in [1.807, 2.05) is 0 Å². The van der Waals surface area contributed by atoms with Gasteiger partial charge in [-0.2, -0.15) is 0 Å². The molecule has 0 amide bonds. The molecule has 0 spiro atoms. The Morgan fingerprint density at radius 1 is 1.12 bits per heavy atom. The van der Waals surface area contributed by atoms with Crippen LogP contribution in [0, 0.1) is 18.8 Å². The van der Waals surface area contributed by atoms with E-state index in [0.717, 1.165) is 29.7 Å². The standard InChI is InChI=1S/C22H32N2O/c1-13(2)25-22-12-18(14(3)9-19(22)23)17-10-20(15-5-6-15)24(4)21(11-17)16-7-8-16/h9-10,12-13,15-16,20-21H,5-8,11,23H2,1-4H3/t20-,21+/m0/s1. The van der Waals surface area contributed by atoms with Gasteiger partial charge in [-0.3, -0.25) is 4.90 Å². The number of nitrogens with zero attached hydrogens (tertiary/aromatic N) is 1. The molecular weight excluding hydrogens is 308 g/mol. The van der Waals surface area contributed by atoms with Crippen molar-refractivity contribution in [2.24, 2.45) is 11.8 Å². The summed E-state index contributed by atoms with van der Waals surface area (Å²) in [5, 5.41) is 0. The highest BCUT2D eigenvalue weighted by Gasteiger charge is 2.43. The van der Waals surface area contributed by atoms with Crippen molar-refractivity contribution in [2.45, 2.75) is 71.1 Å². The maximum atomic E-state index is 6.21. The third kappa shape index (κ3) is 3.44. The third-order valence-electron chi connectivity index (χ3n) is 6.13. The summed E-state index contributed by atoms with van der Waals surface area (Å²) in [6, 6.07) is 5.60. The zero-order chi connectivity index (χ0) is 17.7. The number of aryl methyl sites for hydroxylation is 1. The lowest BCUT2D eigenvalue weighted by Crippen LogP contribution is -2.44. The van der Waals surface area contributed by atoms with Crippen LogP contribution >= 0.6 is 0 Å². The summed E-state index contributed by atoms with van der Waals surface area (Å²) in [5.74, 6) is 2.60. The zero-order valence-electron chi connectivity index (χ0n) is 16.1. The number of hydrogen-bond donors (Lipinski definition) is 1. The highest BCUT2D eigenvalue weighted by Crippen LogP contribution is 2.47. The molecule has 2 atom stereocenters. The largest absolute Gasteiger partial charge is 0.489 e. The van der Waals surface area contributed by atoms with Crippen LogP contribution in [0.2, 0.25) is 0 Å². The van der Waals surface area contributed by atoms with Crippen LogP contribution in [0.25, 0.3) is 5.57 Å². The van der Waals surface area contributed by atoms with Gasteiger partial charge in [0.15, 0.2) is 0 Å². The first-order valence-electron chi connectivity index (χ1n) is 9.93. The van der Waals surface area contributed by atoms with Crippen LogP contribution in [-0.2, 0) is 0 Å². The second-order valence-corrected chi connectivity index (χ2v) is 8.67. The second-order valence-electron chi connectivity index (χ2n) is 8.67. The van der Waals surface area contributed by atoms with E-state index >= 15 is 0 Å². The molecule has 1 aromatic carbocycles. The third-order valence-corrected chi connectivity index (χ3v) is 6.13. The molecule has 3 heteroatoms. The number of ether oxygens (including phenoxy) is 1. The van der Waals surface area contributed by atoms with Crippen LogP contribution in [-0.4, -0.2) is 30.1 Å². The van der Waals surface area contributed by atoms with Crippen LogP contribution in [0.5, 0.6) is 5.75 Å². The van der Waals surface area contributed by atoms with E-state index in [4.69, 9.17) is 10.5 Å². The highest BCUT2D eigenvalue weighted by molar-refractivity contribution is 5.74. The van der Waals surface area contributed by atoms with E-state index in [1.165, 1.54) is 42.4 Å². The Morgan fingerprint density at radius 3 is 2.40 bits per heavy atom. The summed E-state index contributed by atoms with van der Waals surface area (Å²) in [6.45, 7) is 6.29. The SMILES string of the molecule is Cc1cc(N)c(OC(C)C)cc1C1=C[C@@H](C2CC2)N(C)[C@@H](C2CC2)C1. The number of nitrogen functional groups attached to an aromatic ring is 1. The van der Waals surface area contributed by atoms with Crippen LogP contribution in [0.1, 0.15) is 57.1 Å². The lowest BCUT2D eigenvalue weighted by Gasteiger charge is -2.39. The van der Waals surface area contributed by atoms with Crippen molar-refractivity contribution in [3.05, 3.63) is 29.3 Å². The first-order chi connectivity index (χ1) is 11.9. The topological polar surface area (TPSA) is 38.5 Å². The number of benzene rings is 1. The summed E-state index contributed by atoms with van der Waals surface area (Å²) in [6.07, 6.45) is 9.44. The van der Waals surface area contributed by atoms with Gasteiger partial charge in [0.05, 0.1) is 11.8 Å². The van der Waals surface area contributed by atoms with Gasteiger partial charge in [-0.15, -0.1) is 0 Å². The zero-order valence-corrected chi connectivity index (χ0v) is 16.1. The highest BCUT2D eigenvalue weighted by atomic mass is 16.5. The summed E-state index contributed by atoms with van der Waals surface area (Å²) < 4.78 is 5.96. The second kappa shape index (κ2) is 6.35. The van der Waals surface area contributed by atoms with E-state index in [-0.39, 0.29) is 6.10 Å². The Balaban J connectivity index is 1.70. The molecule has 2 fully saturated rings. The summed E-state index contributed by atoms with van der Waals surface area (Å²) in [5.41, 5.74) is 11.1. The number of likely N-dealkylation sites (N-methyl/N-ethyl adjacent to an activating group) is 1. The van der Waals surface area contributed by atoms with Crippen LogP contribution < -0.4 is 10.5 Å².